The van der Waals surface area contributed by atoms with Crippen LogP contribution in [0.15, 0.2) is 24.3 Å². The predicted molar refractivity (Wildman–Crippen MR) is 80.3 cm³/mol. The van der Waals surface area contributed by atoms with E-state index in [0.29, 0.717) is 17.4 Å². The molecule has 0 aliphatic carbocycles. The van der Waals surface area contributed by atoms with Gasteiger partial charge >= 0.3 is 0 Å². The van der Waals surface area contributed by atoms with Gasteiger partial charge in [-0.1, -0.05) is 52.4 Å². The molecule has 0 spiro atoms. The number of aromatic nitrogens is 2. The highest BCUT2D eigenvalue weighted by Gasteiger charge is 2.25. The maximum absolute atomic E-state index is 5.81. The zero-order chi connectivity index (χ0) is 13.2. The van der Waals surface area contributed by atoms with Crippen LogP contribution in [-0.4, -0.2) is 16.8 Å². The van der Waals surface area contributed by atoms with Crippen LogP contribution in [0, 0.1) is 0 Å². The Hall–Kier alpha value is -0.940. The van der Waals surface area contributed by atoms with E-state index in [0.717, 1.165) is 28.6 Å². The van der Waals surface area contributed by atoms with Gasteiger partial charge in [0.2, 0.25) is 0 Å². The summed E-state index contributed by atoms with van der Waals surface area (Å²) in [5.41, 5.74) is 1.27. The molecule has 0 bridgehead atoms. The molecular formula is C14H15BrN2OS. The number of hydrogen-bond donors (Lipinski definition) is 0. The molecule has 0 radical (unpaired) electrons. The average molecular weight is 339 g/mol. The number of nitrogens with zero attached hydrogens (tertiary/aromatic N) is 2. The second kappa shape index (κ2) is 5.59. The highest BCUT2D eigenvalue weighted by molar-refractivity contribution is 9.09. The summed E-state index contributed by atoms with van der Waals surface area (Å²) >= 11 is 5.32. The van der Waals surface area contributed by atoms with Crippen molar-refractivity contribution >= 4 is 27.3 Å². The van der Waals surface area contributed by atoms with Gasteiger partial charge in [-0.05, 0) is 24.5 Å². The Balaban J connectivity index is 1.79. The van der Waals surface area contributed by atoms with Crippen LogP contribution >= 0.6 is 27.3 Å². The van der Waals surface area contributed by atoms with Gasteiger partial charge in [-0.25, -0.2) is 0 Å². The van der Waals surface area contributed by atoms with Crippen molar-refractivity contribution in [1.82, 2.24) is 10.2 Å². The van der Waals surface area contributed by atoms with Gasteiger partial charge in [0, 0.05) is 0 Å². The second-order valence-electron chi connectivity index (χ2n) is 4.67. The maximum Gasteiger partial charge on any atom is 0.131 e. The molecule has 0 saturated heterocycles. The van der Waals surface area contributed by atoms with E-state index in [2.05, 4.69) is 45.2 Å². The fraction of sp³-hybridized carbons (Fsp3) is 0.429. The number of fused-ring (bicyclic) bond motifs is 1. The second-order valence-corrected chi connectivity index (χ2v) is 6.82. The quantitative estimate of drug-likeness (QED) is 0.790. The molecular weight excluding hydrogens is 324 g/mol. The van der Waals surface area contributed by atoms with Gasteiger partial charge in [-0.2, -0.15) is 0 Å². The van der Waals surface area contributed by atoms with Crippen LogP contribution in [0.1, 0.15) is 39.7 Å². The molecule has 0 saturated carbocycles. The molecule has 19 heavy (non-hydrogen) atoms. The normalized spacial score (nSPS) is 19.6. The number of ether oxygens (including phenoxy) is 1. The summed E-state index contributed by atoms with van der Waals surface area (Å²) in [6.07, 6.45) is 2.02. The van der Waals surface area contributed by atoms with E-state index < -0.39 is 0 Å². The highest BCUT2D eigenvalue weighted by atomic mass is 79.9. The topological polar surface area (TPSA) is 35.0 Å². The van der Waals surface area contributed by atoms with Crippen LogP contribution in [-0.2, 0) is 6.42 Å². The Bertz CT molecular complexity index is 572. The molecule has 1 aromatic heterocycles. The predicted octanol–water partition coefficient (Wildman–Crippen LogP) is 4.10. The molecule has 2 heterocycles. The number of hydrogen-bond acceptors (Lipinski definition) is 4. The fourth-order valence-electron chi connectivity index (χ4n) is 2.20. The summed E-state index contributed by atoms with van der Waals surface area (Å²) in [6, 6.07) is 8.23. The minimum absolute atomic E-state index is 0.315. The Morgan fingerprint density at radius 3 is 3.11 bits per heavy atom. The molecule has 100 valence electrons. The third-order valence-corrected chi connectivity index (χ3v) is 5.89. The molecule has 3 nitrogen and oxygen atoms in total. The summed E-state index contributed by atoms with van der Waals surface area (Å²) in [5.74, 6) is 1.34. The Labute approximate surface area is 125 Å². The molecule has 2 atom stereocenters. The summed E-state index contributed by atoms with van der Waals surface area (Å²) in [5, 5.41) is 10.8. The lowest BCUT2D eigenvalue weighted by molar-refractivity contribution is 0.262. The van der Waals surface area contributed by atoms with E-state index >= 15 is 0 Å². The Morgan fingerprint density at radius 2 is 2.26 bits per heavy atom. The van der Waals surface area contributed by atoms with E-state index in [1.54, 1.807) is 11.3 Å². The van der Waals surface area contributed by atoms with Crippen LogP contribution in [0.5, 0.6) is 5.75 Å². The monoisotopic (exact) mass is 338 g/mol. The minimum atomic E-state index is 0.315. The molecule has 1 aliphatic heterocycles. The minimum Gasteiger partial charge on any atom is -0.493 e. The number of halogens is 1. The van der Waals surface area contributed by atoms with Crippen molar-refractivity contribution in [2.24, 2.45) is 0 Å². The lowest BCUT2D eigenvalue weighted by Crippen LogP contribution is -2.18. The first kappa shape index (κ1) is 13.1. The van der Waals surface area contributed by atoms with Gasteiger partial charge in [0.15, 0.2) is 0 Å². The van der Waals surface area contributed by atoms with Gasteiger partial charge in [0.05, 0.1) is 17.4 Å². The van der Waals surface area contributed by atoms with E-state index in [1.807, 2.05) is 12.1 Å². The van der Waals surface area contributed by atoms with Crippen molar-refractivity contribution in [2.75, 3.05) is 6.61 Å². The van der Waals surface area contributed by atoms with Crippen LogP contribution < -0.4 is 4.74 Å². The van der Waals surface area contributed by atoms with Gasteiger partial charge in [-0.3, -0.25) is 0 Å². The lowest BCUT2D eigenvalue weighted by Gasteiger charge is -2.23. The van der Waals surface area contributed by atoms with Crippen molar-refractivity contribution < 1.29 is 4.74 Å². The SMILES string of the molecule is CCC(Br)c1nnc(C2COc3ccccc3C2)s1. The average Bonchev–Trinajstić information content (AvgIpc) is 2.95. The first-order chi connectivity index (χ1) is 9.28. The summed E-state index contributed by atoms with van der Waals surface area (Å²) < 4.78 is 5.81. The summed E-state index contributed by atoms with van der Waals surface area (Å²) in [6.45, 7) is 2.84. The van der Waals surface area contributed by atoms with Gasteiger partial charge < -0.3 is 4.74 Å². The van der Waals surface area contributed by atoms with Crippen molar-refractivity contribution in [1.29, 1.82) is 0 Å². The van der Waals surface area contributed by atoms with Gasteiger partial charge in [-0.15, -0.1) is 10.2 Å². The van der Waals surface area contributed by atoms with Crippen LogP contribution in [0.2, 0.25) is 0 Å². The largest absolute Gasteiger partial charge is 0.493 e. The third kappa shape index (κ3) is 2.67. The van der Waals surface area contributed by atoms with Gasteiger partial charge in [0.1, 0.15) is 15.8 Å². The number of rotatable bonds is 3. The summed E-state index contributed by atoms with van der Waals surface area (Å²) in [4.78, 5) is 0.315. The van der Waals surface area contributed by atoms with E-state index in [4.69, 9.17) is 4.74 Å². The zero-order valence-corrected chi connectivity index (χ0v) is 13.1. The summed E-state index contributed by atoms with van der Waals surface area (Å²) in [7, 11) is 0. The number of para-hydroxylation sites is 1. The number of alkyl halides is 1. The van der Waals surface area contributed by atoms with E-state index in [-0.39, 0.29) is 0 Å². The first-order valence-corrected chi connectivity index (χ1v) is 8.19. The van der Waals surface area contributed by atoms with Crippen molar-refractivity contribution in [2.45, 2.75) is 30.5 Å². The van der Waals surface area contributed by atoms with Crippen molar-refractivity contribution in [3.05, 3.63) is 39.8 Å². The molecule has 1 aromatic carbocycles. The molecule has 0 amide bonds. The maximum atomic E-state index is 5.81. The Kier molecular flexibility index (Phi) is 3.84. The fourth-order valence-corrected chi connectivity index (χ4v) is 3.56. The molecule has 2 aromatic rings. The number of benzene rings is 1. The molecule has 3 rings (SSSR count). The molecule has 0 fully saturated rings. The van der Waals surface area contributed by atoms with E-state index in [1.165, 1.54) is 5.56 Å². The third-order valence-electron chi connectivity index (χ3n) is 3.31. The van der Waals surface area contributed by atoms with Crippen LogP contribution in [0.3, 0.4) is 0 Å². The molecule has 5 heteroatoms. The molecule has 1 aliphatic rings. The first-order valence-electron chi connectivity index (χ1n) is 6.46. The highest BCUT2D eigenvalue weighted by Crippen LogP contribution is 2.36. The van der Waals surface area contributed by atoms with Crippen LogP contribution in [0.25, 0.3) is 0 Å². The van der Waals surface area contributed by atoms with Crippen molar-refractivity contribution in [3.63, 3.8) is 0 Å². The Morgan fingerprint density at radius 1 is 1.42 bits per heavy atom. The zero-order valence-electron chi connectivity index (χ0n) is 10.7. The van der Waals surface area contributed by atoms with Crippen LogP contribution in [0.4, 0.5) is 0 Å². The van der Waals surface area contributed by atoms with Gasteiger partial charge in [0.25, 0.3) is 0 Å². The molecule has 0 N–H and O–H groups in total. The lowest BCUT2D eigenvalue weighted by atomic mass is 9.97. The molecule has 2 unspecified atom stereocenters. The van der Waals surface area contributed by atoms with E-state index in [9.17, 15) is 0 Å². The smallest absolute Gasteiger partial charge is 0.131 e. The van der Waals surface area contributed by atoms with Crippen molar-refractivity contribution in [3.8, 4) is 5.75 Å². The standard InChI is InChI=1S/C14H15BrN2OS/c1-2-11(15)14-17-16-13(19-14)10-7-9-5-3-4-6-12(9)18-8-10/h3-6,10-11H,2,7-8H2,1H3.